The van der Waals surface area contributed by atoms with Gasteiger partial charge in [-0.15, -0.1) is 0 Å². The summed E-state index contributed by atoms with van der Waals surface area (Å²) in [4.78, 5) is 2.65. The van der Waals surface area contributed by atoms with Crippen molar-refractivity contribution in [3.63, 3.8) is 0 Å². The zero-order chi connectivity index (χ0) is 12.1. The van der Waals surface area contributed by atoms with E-state index in [0.717, 1.165) is 0 Å². The Kier molecular flexibility index (Phi) is 4.18. The predicted molar refractivity (Wildman–Crippen MR) is 73.1 cm³/mol. The summed E-state index contributed by atoms with van der Waals surface area (Å²) in [5.74, 6) is 0. The summed E-state index contributed by atoms with van der Waals surface area (Å²) in [6.07, 6.45) is 0. The molecule has 2 aromatic carbocycles. The molecule has 0 aliphatic heterocycles. The second-order valence-corrected chi connectivity index (χ2v) is 13.6. The van der Waals surface area contributed by atoms with Crippen molar-refractivity contribution in [1.82, 2.24) is 0 Å². The first-order valence-corrected chi connectivity index (χ1v) is 11.1. The molecule has 0 N–H and O–H groups in total. The Hall–Kier alpha value is -0.872. The Morgan fingerprint density at radius 2 is 1.00 bits per heavy atom. The van der Waals surface area contributed by atoms with Crippen molar-refractivity contribution in [1.29, 1.82) is 0 Å². The molecule has 0 nitrogen and oxygen atoms in total. The van der Waals surface area contributed by atoms with E-state index in [1.54, 1.807) is 7.91 Å². The Bertz CT molecular complexity index is 402. The molecule has 2 rings (SSSR count). The second-order valence-electron chi connectivity index (χ2n) is 4.09. The summed E-state index contributed by atoms with van der Waals surface area (Å²) in [7, 11) is 0. The normalized spacial score (nSPS) is 12.4. The molecule has 0 bridgehead atoms. The van der Waals surface area contributed by atoms with Crippen molar-refractivity contribution in [2.45, 2.75) is 23.5 Å². The minimum atomic E-state index is -2.11. The first-order chi connectivity index (χ1) is 8.33. The van der Waals surface area contributed by atoms with Gasteiger partial charge in [0, 0.05) is 0 Å². The minimum absolute atomic E-state index is 1.33. The third kappa shape index (κ3) is 2.38. The molecule has 1 heteroatoms. The molecule has 0 heterocycles. The summed E-state index contributed by atoms with van der Waals surface area (Å²) in [5.41, 5.74) is 0. The SMILES string of the molecule is C[CH2][Mo]([CH2]C)([c]1ccccc1)[c]1ccccc1. The number of hydrogen-bond acceptors (Lipinski definition) is 0. The van der Waals surface area contributed by atoms with Crippen LogP contribution in [0.4, 0.5) is 0 Å². The summed E-state index contributed by atoms with van der Waals surface area (Å²) in [6, 6.07) is 22.3. The fraction of sp³-hybridized carbons (Fsp3) is 0.250. The van der Waals surface area contributed by atoms with Crippen LogP contribution in [0.5, 0.6) is 0 Å². The standard InChI is InChI=1S/2C6H5.2C2H5.Mo/c2*1-2-4-6-5-3-1;2*1-2;/h2*1-5H;2*1H2,2H3;. The predicted octanol–water partition coefficient (Wildman–Crippen LogP) is 3.67. The molecule has 0 saturated carbocycles. The molecule has 0 spiro atoms. The fourth-order valence-electron chi connectivity index (χ4n) is 2.37. The number of rotatable bonds is 4. The van der Waals surface area contributed by atoms with Gasteiger partial charge >= 0.3 is 108 Å². The Morgan fingerprint density at radius 1 is 0.647 bits per heavy atom. The van der Waals surface area contributed by atoms with E-state index in [0.29, 0.717) is 0 Å². The van der Waals surface area contributed by atoms with Gasteiger partial charge in [0.2, 0.25) is 0 Å². The third-order valence-electron chi connectivity index (χ3n) is 3.37. The van der Waals surface area contributed by atoms with Gasteiger partial charge < -0.3 is 0 Å². The van der Waals surface area contributed by atoms with E-state index in [1.165, 1.54) is 9.62 Å². The van der Waals surface area contributed by atoms with Gasteiger partial charge in [-0.05, 0) is 0 Å². The van der Waals surface area contributed by atoms with Gasteiger partial charge in [0.25, 0.3) is 0 Å². The van der Waals surface area contributed by atoms with Crippen molar-refractivity contribution < 1.29 is 16.1 Å². The molecule has 0 unspecified atom stereocenters. The average molecular weight is 308 g/mol. The van der Waals surface area contributed by atoms with Crippen LogP contribution in [0.3, 0.4) is 0 Å². The summed E-state index contributed by atoms with van der Waals surface area (Å²) >= 11 is -2.11. The van der Waals surface area contributed by atoms with Crippen LogP contribution in [0.2, 0.25) is 9.62 Å². The van der Waals surface area contributed by atoms with Crippen LogP contribution in [0.1, 0.15) is 13.8 Å². The van der Waals surface area contributed by atoms with Gasteiger partial charge in [-0.25, -0.2) is 0 Å². The molecule has 0 fully saturated rings. The number of benzene rings is 2. The molecule has 0 atom stereocenters. The molecule has 0 saturated heterocycles. The van der Waals surface area contributed by atoms with E-state index in [-0.39, 0.29) is 0 Å². The van der Waals surface area contributed by atoms with E-state index < -0.39 is 16.1 Å². The first kappa shape index (κ1) is 12.6. The van der Waals surface area contributed by atoms with Gasteiger partial charge in [-0.2, -0.15) is 0 Å². The summed E-state index contributed by atoms with van der Waals surface area (Å²) in [6.45, 7) is 4.73. The van der Waals surface area contributed by atoms with Crippen molar-refractivity contribution in [2.75, 3.05) is 0 Å². The quantitative estimate of drug-likeness (QED) is 0.756. The van der Waals surface area contributed by atoms with E-state index in [1.807, 2.05) is 0 Å². The molecule has 0 aliphatic carbocycles. The zero-order valence-corrected chi connectivity index (χ0v) is 12.6. The van der Waals surface area contributed by atoms with Gasteiger partial charge in [0.05, 0.1) is 0 Å². The van der Waals surface area contributed by atoms with E-state index in [2.05, 4.69) is 74.5 Å². The molecular weight excluding hydrogens is 288 g/mol. The molecule has 0 aromatic heterocycles. The van der Waals surface area contributed by atoms with Crippen LogP contribution in [0.15, 0.2) is 60.7 Å². The van der Waals surface area contributed by atoms with E-state index >= 15 is 0 Å². The first-order valence-electron chi connectivity index (χ1n) is 6.22. The third-order valence-corrected chi connectivity index (χ3v) is 14.0. The van der Waals surface area contributed by atoms with Crippen LogP contribution in [0.25, 0.3) is 0 Å². The Balaban J connectivity index is 2.54. The Labute approximate surface area is 108 Å². The molecule has 0 radical (unpaired) electrons. The van der Waals surface area contributed by atoms with Crippen molar-refractivity contribution in [3.05, 3.63) is 60.7 Å². The molecule has 0 amide bonds. The second kappa shape index (κ2) is 5.65. The molecule has 90 valence electrons. The topological polar surface area (TPSA) is 0 Å². The zero-order valence-electron chi connectivity index (χ0n) is 10.6. The molecular formula is C16H20Mo. The number of hydrogen-bond donors (Lipinski definition) is 0. The van der Waals surface area contributed by atoms with E-state index in [4.69, 9.17) is 0 Å². The fourth-order valence-corrected chi connectivity index (χ4v) is 10.7. The molecule has 0 aliphatic rings. The van der Waals surface area contributed by atoms with Crippen LogP contribution in [-0.2, 0) is 16.1 Å². The Morgan fingerprint density at radius 3 is 1.29 bits per heavy atom. The monoisotopic (exact) mass is 310 g/mol. The van der Waals surface area contributed by atoms with Crippen LogP contribution in [0, 0.1) is 0 Å². The van der Waals surface area contributed by atoms with Gasteiger partial charge in [0.15, 0.2) is 0 Å². The van der Waals surface area contributed by atoms with Gasteiger partial charge in [-0.1, -0.05) is 0 Å². The van der Waals surface area contributed by atoms with Crippen LogP contribution < -0.4 is 7.91 Å². The molecule has 2 aromatic rings. The van der Waals surface area contributed by atoms with Crippen molar-refractivity contribution in [3.8, 4) is 0 Å². The summed E-state index contributed by atoms with van der Waals surface area (Å²) in [5, 5.41) is 0. The van der Waals surface area contributed by atoms with Crippen molar-refractivity contribution >= 4 is 7.91 Å². The maximum atomic E-state index is 2.37. The van der Waals surface area contributed by atoms with Crippen LogP contribution >= 0.6 is 0 Å². The maximum absolute atomic E-state index is 2.37. The average Bonchev–Trinajstić information content (AvgIpc) is 2.43. The van der Waals surface area contributed by atoms with Crippen LogP contribution in [-0.4, -0.2) is 0 Å². The van der Waals surface area contributed by atoms with E-state index in [9.17, 15) is 0 Å². The van der Waals surface area contributed by atoms with Gasteiger partial charge in [-0.3, -0.25) is 0 Å². The van der Waals surface area contributed by atoms with Crippen molar-refractivity contribution in [2.24, 2.45) is 0 Å². The summed E-state index contributed by atoms with van der Waals surface area (Å²) < 4.78 is 3.23. The van der Waals surface area contributed by atoms with Gasteiger partial charge in [0.1, 0.15) is 0 Å². The molecule has 17 heavy (non-hydrogen) atoms.